The third kappa shape index (κ3) is 41.9. The summed E-state index contributed by atoms with van der Waals surface area (Å²) < 4.78 is 159. The molecule has 4 heterocycles. The number of hydrogen-bond donors (Lipinski definition) is 10. The van der Waals surface area contributed by atoms with Crippen molar-refractivity contribution in [2.75, 3.05) is 132 Å². The van der Waals surface area contributed by atoms with E-state index < -0.39 is 181 Å². The largest absolute Gasteiger partial charge is 0.778 e. The molecule has 4 fully saturated rings. The number of aliphatic hydroxyl groups is 9. The van der Waals surface area contributed by atoms with Gasteiger partial charge in [-0.15, -0.1) is 0 Å². The Labute approximate surface area is 632 Å². The molecule has 0 aromatic carbocycles. The molecule has 0 aromatic rings. The van der Waals surface area contributed by atoms with E-state index in [4.69, 9.17) is 88.1 Å². The Morgan fingerprint density at radius 3 is 1.05 bits per heavy atom. The predicted molar refractivity (Wildman–Crippen MR) is 368 cm³/mol. The maximum absolute atomic E-state index is 12.1. The third-order valence-electron chi connectivity index (χ3n) is 17.1. The van der Waals surface area contributed by atoms with Gasteiger partial charge < -0.3 is 168 Å². The quantitative estimate of drug-likeness (QED) is 0.0282. The van der Waals surface area contributed by atoms with E-state index in [2.05, 4.69) is 5.32 Å². The van der Waals surface area contributed by atoms with Crippen LogP contribution in [0.1, 0.15) is 151 Å². The molecule has 4 aliphatic heterocycles. The van der Waals surface area contributed by atoms with Gasteiger partial charge in [0.05, 0.1) is 110 Å². The van der Waals surface area contributed by atoms with E-state index in [9.17, 15) is 98.0 Å². The zero-order valence-electron chi connectivity index (χ0n) is 62.6. The van der Waals surface area contributed by atoms with Crippen LogP contribution in [0.5, 0.6) is 0 Å². The van der Waals surface area contributed by atoms with E-state index in [1.54, 1.807) is 20.8 Å². The van der Waals surface area contributed by atoms with Crippen molar-refractivity contribution in [3.05, 3.63) is 0 Å². The highest BCUT2D eigenvalue weighted by atomic mass is 31.2. The van der Waals surface area contributed by atoms with Crippen LogP contribution in [-0.4, -0.2) is 288 Å². The molecule has 642 valence electrons. The van der Waals surface area contributed by atoms with Crippen LogP contribution in [0, 0.1) is 11.8 Å². The molecule has 0 radical (unpaired) electrons. The summed E-state index contributed by atoms with van der Waals surface area (Å²) in [6.45, 7) is 8.68. The van der Waals surface area contributed by atoms with Gasteiger partial charge in [0.2, 0.25) is 5.91 Å². The van der Waals surface area contributed by atoms with Gasteiger partial charge in [-0.2, -0.15) is 0 Å². The first-order valence-corrected chi connectivity index (χ1v) is 44.3. The normalized spacial score (nSPS) is 30.4. The number of unbranched alkanes of at least 4 members (excludes halogenated alkanes) is 9. The van der Waals surface area contributed by atoms with Crippen molar-refractivity contribution in [1.29, 1.82) is 0 Å². The molecule has 108 heavy (non-hydrogen) atoms. The third-order valence-corrected chi connectivity index (χ3v) is 22.9. The van der Waals surface area contributed by atoms with E-state index in [1.807, 2.05) is 0 Å². The topological polar surface area (TPSA) is 587 Å². The second kappa shape index (κ2) is 55.1. The van der Waals surface area contributed by atoms with E-state index in [-0.39, 0.29) is 118 Å². The number of phosphoric ester groups is 4. The van der Waals surface area contributed by atoms with Gasteiger partial charge >= 0.3 is 0 Å². The summed E-state index contributed by atoms with van der Waals surface area (Å²) in [7, 11) is -22.3. The van der Waals surface area contributed by atoms with Crippen LogP contribution in [0.3, 0.4) is 0 Å². The molecule has 4 rings (SSSR count). The molecule has 0 saturated carbocycles. The fraction of sp³-hybridized carbons (Fsp3) is 0.984. The van der Waals surface area contributed by atoms with Crippen LogP contribution < -0.4 is 29.8 Å². The molecule has 4 aliphatic rings. The lowest BCUT2D eigenvalue weighted by Crippen LogP contribution is -2.64. The van der Waals surface area contributed by atoms with Crippen molar-refractivity contribution in [3.8, 4) is 0 Å². The van der Waals surface area contributed by atoms with Crippen LogP contribution in [0.15, 0.2) is 0 Å². The zero-order chi connectivity index (χ0) is 80.4. The average Bonchev–Trinajstić information content (AvgIpc) is 1.04. The number of nitrogens with one attached hydrogen (secondary N) is 1. The van der Waals surface area contributed by atoms with Gasteiger partial charge in [0.25, 0.3) is 31.3 Å². The molecular formula is C63H121NO39P5-5. The summed E-state index contributed by atoms with van der Waals surface area (Å²) in [6.07, 6.45) is -6.24. The second-order valence-electron chi connectivity index (χ2n) is 26.6. The van der Waals surface area contributed by atoms with Gasteiger partial charge in [-0.05, 0) is 71.1 Å². The minimum atomic E-state index is -4.70. The van der Waals surface area contributed by atoms with Gasteiger partial charge in [0.15, 0.2) is 18.9 Å². The Balaban J connectivity index is 0.000000570. The van der Waals surface area contributed by atoms with Crippen molar-refractivity contribution in [2.45, 2.75) is 255 Å². The first-order chi connectivity index (χ1) is 51.1. The predicted octanol–water partition coefficient (Wildman–Crippen LogP) is -0.0613. The molecule has 45 heteroatoms. The maximum Gasteiger partial charge on any atom is 0.267 e. The number of aliphatic hydroxyl groups excluding tert-OH is 9. The maximum atomic E-state index is 12.1. The molecule has 4 saturated heterocycles. The number of rotatable bonds is 60. The summed E-state index contributed by atoms with van der Waals surface area (Å²) in [5.41, 5.74) is -0.742. The molecule has 0 spiro atoms. The standard InChI is InChI=1S/C35H69NO21P2.C28H57O18P3/c1-25-30(40)31(41)27(23-37)56-34(25)50-15-7-3-5-9-17-52-58(44,45)54-19-11-13-48-21-22-49-14-12-20-55-59(46,47)53-18-10-6-4-8-16-51-35-29(36-26(2)39)33(43)32(42)28(24-38)57-35;1-20(2)47(32,33)46-23-17-21(3)44-25(23)19-43-49(36,37)42-16-10-12-38-11-9-15-41-48(34,35)40-14-8-6-5-7-13-39-28-22(4)26(30)27(31)24(18-29)45-28/h25,27-35,37-38,40-43H,3-24H2,1-2H3,(H,36,39)(H,44,45)(H,46,47);20-31H,5-19H2,1-4H3,(H,32,33)(H,34,35)(H,36,37)/p-5/t25?,27?,28?,29?,30-,31+,32+,33-,34-,35-;21-,22?,23?,24?,25+,26+,27-,28+/m10/s1. The molecule has 12 unspecified atom stereocenters. The number of hydrogen-bond acceptors (Lipinski definition) is 39. The number of phosphoric acid groups is 4. The second-order valence-corrected chi connectivity index (χ2v) is 34.6. The van der Waals surface area contributed by atoms with Gasteiger partial charge in [-0.25, -0.2) is 0 Å². The van der Waals surface area contributed by atoms with Gasteiger partial charge in [-0.1, -0.05) is 66.2 Å². The van der Waals surface area contributed by atoms with Crippen molar-refractivity contribution in [1.82, 2.24) is 5.32 Å². The highest BCUT2D eigenvalue weighted by Crippen LogP contribution is 2.48. The molecule has 1 amide bonds. The SMILES string of the molecule is CC(=O)NC1[C@H](OCCCCCCOP(=O)([O-])OCCCOCCOCCCOP(=O)([O-])OCCCCCCO[C@@H]2OC(CO)[C@H](O)[C@H](O)C2C)OC(CO)[C@H](O)[C@@H]1O.CC1[C@H](OCCCCCCOP(=O)([O-])OCCCOCCCOP(=O)([O-])OC[C@H]2O[C@@H](C)CC2OP(=O)([O-])C(C)C)OC(CO)[C@H](O)[C@@H]1O. The fourth-order valence-corrected chi connectivity index (χ4v) is 14.7. The molecule has 0 aromatic heterocycles. The Bertz CT molecular complexity index is 2610. The van der Waals surface area contributed by atoms with Crippen LogP contribution >= 0.6 is 38.9 Å². The van der Waals surface area contributed by atoms with Crippen LogP contribution in [0.25, 0.3) is 0 Å². The highest BCUT2D eigenvalue weighted by molar-refractivity contribution is 7.52. The number of carbonyl (C=O) groups is 1. The van der Waals surface area contributed by atoms with Crippen LogP contribution in [0.2, 0.25) is 0 Å². The minimum absolute atomic E-state index is 0.0255. The molecule has 23 atom stereocenters. The average molecular weight is 1670 g/mol. The Hall–Kier alpha value is -0.700. The molecule has 0 bridgehead atoms. The smallest absolute Gasteiger partial charge is 0.267 e. The highest BCUT2D eigenvalue weighted by Gasteiger charge is 2.47. The summed E-state index contributed by atoms with van der Waals surface area (Å²) in [5, 5.41) is 90.7. The van der Waals surface area contributed by atoms with Crippen molar-refractivity contribution in [2.24, 2.45) is 11.8 Å². The summed E-state index contributed by atoms with van der Waals surface area (Å²) in [4.78, 5) is 71.6. The molecule has 10 N–H and O–H groups in total. The monoisotopic (exact) mass is 1670 g/mol. The Kier molecular flexibility index (Phi) is 51.7. The van der Waals surface area contributed by atoms with Gasteiger partial charge in [0.1, 0.15) is 62.5 Å². The van der Waals surface area contributed by atoms with Crippen LogP contribution in [-0.2, 0) is 116 Å². The van der Waals surface area contributed by atoms with E-state index in [0.717, 1.165) is 12.8 Å². The molecule has 40 nitrogen and oxygen atoms in total. The minimum Gasteiger partial charge on any atom is -0.778 e. The first-order valence-electron chi connectivity index (χ1n) is 36.9. The van der Waals surface area contributed by atoms with E-state index in [0.29, 0.717) is 90.3 Å². The van der Waals surface area contributed by atoms with E-state index in [1.165, 1.54) is 20.8 Å². The summed E-state index contributed by atoms with van der Waals surface area (Å²) in [5.74, 6) is -1.39. The Morgan fingerprint density at radius 2 is 0.704 bits per heavy atom. The zero-order valence-corrected chi connectivity index (χ0v) is 67.1. The van der Waals surface area contributed by atoms with Crippen molar-refractivity contribution < 1.29 is 186 Å². The summed E-state index contributed by atoms with van der Waals surface area (Å²) >= 11 is 0. The Morgan fingerprint density at radius 1 is 0.398 bits per heavy atom. The van der Waals surface area contributed by atoms with E-state index >= 15 is 0 Å². The van der Waals surface area contributed by atoms with Crippen LogP contribution in [0.4, 0.5) is 0 Å². The number of amides is 1. The number of ether oxygens (including phenoxy) is 10. The van der Waals surface area contributed by atoms with Gasteiger partial charge in [-0.3, -0.25) is 23.1 Å². The lowest BCUT2D eigenvalue weighted by molar-refractivity contribution is -0.282. The van der Waals surface area contributed by atoms with Crippen molar-refractivity contribution in [3.63, 3.8) is 0 Å². The fourth-order valence-electron chi connectivity index (χ4n) is 10.8. The van der Waals surface area contributed by atoms with Crippen molar-refractivity contribution >= 4 is 44.8 Å². The summed E-state index contributed by atoms with van der Waals surface area (Å²) in [6, 6.07) is -1.02. The van der Waals surface area contributed by atoms with Gasteiger partial charge in [0, 0.05) is 77.1 Å². The molecular weight excluding hydrogens is 1550 g/mol. The number of carbonyl (C=O) groups excluding carboxylic acids is 1. The lowest BCUT2D eigenvalue weighted by atomic mass is 9.92. The first kappa shape index (κ1) is 101. The lowest BCUT2D eigenvalue weighted by Gasteiger charge is -2.42. The molecule has 0 aliphatic carbocycles.